The molecule has 0 aliphatic rings. The fraction of sp³-hybridized carbons (Fsp3) is 0.235. The van der Waals surface area contributed by atoms with Crippen LogP contribution < -0.4 is 15.2 Å². The van der Waals surface area contributed by atoms with Gasteiger partial charge in [0.25, 0.3) is 0 Å². The lowest BCUT2D eigenvalue weighted by atomic mass is 10.1. The molecule has 110 valence electrons. The third kappa shape index (κ3) is 3.99. The fourth-order valence-electron chi connectivity index (χ4n) is 1.93. The molecule has 0 bridgehead atoms. The molecule has 2 N–H and O–H groups in total. The van der Waals surface area contributed by atoms with Crippen LogP contribution in [-0.2, 0) is 6.61 Å². The van der Waals surface area contributed by atoms with E-state index in [1.807, 2.05) is 31.2 Å². The van der Waals surface area contributed by atoms with Gasteiger partial charge in [-0.05, 0) is 56.3 Å². The molecule has 0 spiro atoms. The van der Waals surface area contributed by atoms with Gasteiger partial charge >= 0.3 is 0 Å². The first kappa shape index (κ1) is 14.9. The minimum absolute atomic E-state index is 0.0202. The average molecular weight is 285 g/mol. The van der Waals surface area contributed by atoms with Gasteiger partial charge in [-0.2, -0.15) is 0 Å². The largest absolute Gasteiger partial charge is 0.493 e. The molecular formula is C17H19NO3. The van der Waals surface area contributed by atoms with Gasteiger partial charge in [0.2, 0.25) is 0 Å². The van der Waals surface area contributed by atoms with Crippen molar-refractivity contribution in [2.24, 2.45) is 0 Å². The van der Waals surface area contributed by atoms with Crippen molar-refractivity contribution in [2.45, 2.75) is 20.5 Å². The zero-order valence-corrected chi connectivity index (χ0v) is 12.3. The number of benzene rings is 2. The number of ether oxygens (including phenoxy) is 2. The maximum absolute atomic E-state index is 11.5. The van der Waals surface area contributed by atoms with Gasteiger partial charge in [-0.15, -0.1) is 0 Å². The van der Waals surface area contributed by atoms with E-state index in [0.717, 1.165) is 17.1 Å². The van der Waals surface area contributed by atoms with Crippen molar-refractivity contribution in [3.8, 4) is 11.5 Å². The summed E-state index contributed by atoms with van der Waals surface area (Å²) in [6.07, 6.45) is 0. The maximum atomic E-state index is 11.5. The Bertz CT molecular complexity index is 620. The molecule has 4 nitrogen and oxygen atoms in total. The zero-order valence-electron chi connectivity index (χ0n) is 12.3. The maximum Gasteiger partial charge on any atom is 0.159 e. The van der Waals surface area contributed by atoms with Crippen molar-refractivity contribution in [1.29, 1.82) is 0 Å². The Balaban J connectivity index is 2.17. The van der Waals surface area contributed by atoms with Crippen LogP contribution >= 0.6 is 0 Å². The van der Waals surface area contributed by atoms with Crippen LogP contribution in [0.15, 0.2) is 42.5 Å². The smallest absolute Gasteiger partial charge is 0.159 e. The molecule has 0 saturated heterocycles. The van der Waals surface area contributed by atoms with Crippen LogP contribution in [0.5, 0.6) is 11.5 Å². The summed E-state index contributed by atoms with van der Waals surface area (Å²) in [4.78, 5) is 11.5. The van der Waals surface area contributed by atoms with Crippen molar-refractivity contribution in [3.63, 3.8) is 0 Å². The first-order valence-electron chi connectivity index (χ1n) is 6.85. The molecule has 21 heavy (non-hydrogen) atoms. The van der Waals surface area contributed by atoms with Gasteiger partial charge < -0.3 is 15.2 Å². The first-order valence-corrected chi connectivity index (χ1v) is 6.85. The van der Waals surface area contributed by atoms with Crippen LogP contribution in [0.1, 0.15) is 29.8 Å². The van der Waals surface area contributed by atoms with E-state index in [9.17, 15) is 4.79 Å². The Morgan fingerprint density at radius 1 is 1.10 bits per heavy atom. The second-order valence-electron chi connectivity index (χ2n) is 4.67. The monoisotopic (exact) mass is 285 g/mol. The van der Waals surface area contributed by atoms with Crippen molar-refractivity contribution in [1.82, 2.24) is 0 Å². The molecule has 0 heterocycles. The summed E-state index contributed by atoms with van der Waals surface area (Å²) in [6, 6.07) is 12.6. The van der Waals surface area contributed by atoms with E-state index >= 15 is 0 Å². The summed E-state index contributed by atoms with van der Waals surface area (Å²) in [5.41, 5.74) is 7.82. The number of hydrogen-bond donors (Lipinski definition) is 1. The number of nitrogen functional groups attached to an aromatic ring is 1. The van der Waals surface area contributed by atoms with Crippen LogP contribution in [0.2, 0.25) is 0 Å². The quantitative estimate of drug-likeness (QED) is 0.652. The van der Waals surface area contributed by atoms with Gasteiger partial charge in [0.05, 0.1) is 6.61 Å². The van der Waals surface area contributed by atoms with Gasteiger partial charge in [0.1, 0.15) is 18.1 Å². The number of nitrogens with two attached hydrogens (primary N) is 1. The Morgan fingerprint density at radius 3 is 2.43 bits per heavy atom. The predicted octanol–water partition coefficient (Wildman–Crippen LogP) is 3.45. The Hall–Kier alpha value is -2.49. The molecule has 0 fully saturated rings. The van der Waals surface area contributed by atoms with Crippen LogP contribution in [0, 0.1) is 0 Å². The summed E-state index contributed by atoms with van der Waals surface area (Å²) in [7, 11) is 0. The third-order valence-electron chi connectivity index (χ3n) is 3.04. The van der Waals surface area contributed by atoms with Gasteiger partial charge in [-0.25, -0.2) is 0 Å². The number of carbonyl (C=O) groups is 1. The van der Waals surface area contributed by atoms with E-state index in [2.05, 4.69) is 0 Å². The fourth-order valence-corrected chi connectivity index (χ4v) is 1.93. The summed E-state index contributed by atoms with van der Waals surface area (Å²) in [6.45, 7) is 4.36. The second-order valence-corrected chi connectivity index (χ2v) is 4.67. The summed E-state index contributed by atoms with van der Waals surface area (Å²) in [5, 5.41) is 0. The highest BCUT2D eigenvalue weighted by atomic mass is 16.5. The van der Waals surface area contributed by atoms with Crippen molar-refractivity contribution in [2.75, 3.05) is 12.3 Å². The number of carbonyl (C=O) groups excluding carboxylic acids is 1. The minimum Gasteiger partial charge on any atom is -0.493 e. The van der Waals surface area contributed by atoms with Crippen LogP contribution in [0.3, 0.4) is 0 Å². The van der Waals surface area contributed by atoms with E-state index in [1.54, 1.807) is 25.1 Å². The number of rotatable bonds is 6. The van der Waals surface area contributed by atoms with E-state index in [0.29, 0.717) is 24.5 Å². The van der Waals surface area contributed by atoms with Crippen LogP contribution in [0.4, 0.5) is 5.69 Å². The third-order valence-corrected chi connectivity index (χ3v) is 3.04. The molecule has 0 aliphatic carbocycles. The molecule has 0 radical (unpaired) electrons. The van der Waals surface area contributed by atoms with Crippen LogP contribution in [-0.4, -0.2) is 12.4 Å². The Morgan fingerprint density at radius 2 is 1.81 bits per heavy atom. The predicted molar refractivity (Wildman–Crippen MR) is 82.8 cm³/mol. The van der Waals surface area contributed by atoms with Crippen molar-refractivity contribution < 1.29 is 14.3 Å². The van der Waals surface area contributed by atoms with E-state index in [1.165, 1.54) is 0 Å². The molecule has 0 aromatic heterocycles. The number of Topliss-reactive ketones (excluding diaryl/α,β-unsaturated/α-hetero) is 1. The Kier molecular flexibility index (Phi) is 4.82. The highest BCUT2D eigenvalue weighted by molar-refractivity contribution is 5.94. The lowest BCUT2D eigenvalue weighted by molar-refractivity contribution is 0.101. The normalized spacial score (nSPS) is 10.2. The molecule has 0 amide bonds. The van der Waals surface area contributed by atoms with E-state index < -0.39 is 0 Å². The number of anilines is 1. The molecule has 2 aromatic rings. The van der Waals surface area contributed by atoms with Gasteiger partial charge in [-0.3, -0.25) is 4.79 Å². The summed E-state index contributed by atoms with van der Waals surface area (Å²) in [5.74, 6) is 1.48. The standard InChI is InChI=1S/C17H19NO3/c1-3-20-17-9-4-13(12(2)19)10-14(17)11-21-16-7-5-15(18)6-8-16/h4-10H,3,11,18H2,1-2H3. The molecule has 2 aromatic carbocycles. The number of ketones is 1. The summed E-state index contributed by atoms with van der Waals surface area (Å²) >= 11 is 0. The minimum atomic E-state index is 0.0202. The molecule has 4 heteroatoms. The highest BCUT2D eigenvalue weighted by Crippen LogP contribution is 2.23. The lowest BCUT2D eigenvalue weighted by Crippen LogP contribution is -2.03. The summed E-state index contributed by atoms with van der Waals surface area (Å²) < 4.78 is 11.3. The van der Waals surface area contributed by atoms with E-state index in [-0.39, 0.29) is 5.78 Å². The second kappa shape index (κ2) is 6.79. The van der Waals surface area contributed by atoms with E-state index in [4.69, 9.17) is 15.2 Å². The van der Waals surface area contributed by atoms with Crippen LogP contribution in [0.25, 0.3) is 0 Å². The molecule has 0 saturated carbocycles. The topological polar surface area (TPSA) is 61.5 Å². The average Bonchev–Trinajstić information content (AvgIpc) is 2.48. The highest BCUT2D eigenvalue weighted by Gasteiger charge is 2.08. The zero-order chi connectivity index (χ0) is 15.2. The molecule has 0 atom stereocenters. The molecule has 0 aliphatic heterocycles. The molecular weight excluding hydrogens is 266 g/mol. The number of hydrogen-bond acceptors (Lipinski definition) is 4. The molecule has 0 unspecified atom stereocenters. The van der Waals surface area contributed by atoms with Gasteiger partial charge in [-0.1, -0.05) is 0 Å². The van der Waals surface area contributed by atoms with Gasteiger partial charge in [0, 0.05) is 16.8 Å². The van der Waals surface area contributed by atoms with Crippen molar-refractivity contribution >= 4 is 11.5 Å². The van der Waals surface area contributed by atoms with Crippen molar-refractivity contribution in [3.05, 3.63) is 53.6 Å². The lowest BCUT2D eigenvalue weighted by Gasteiger charge is -2.12. The Labute approximate surface area is 124 Å². The SMILES string of the molecule is CCOc1ccc(C(C)=O)cc1COc1ccc(N)cc1. The molecule has 2 rings (SSSR count). The first-order chi connectivity index (χ1) is 10.1. The van der Waals surface area contributed by atoms with Gasteiger partial charge in [0.15, 0.2) is 5.78 Å².